The predicted molar refractivity (Wildman–Crippen MR) is 80.9 cm³/mol. The van der Waals surface area contributed by atoms with Gasteiger partial charge in [-0.05, 0) is 48.8 Å². The third kappa shape index (κ3) is 3.55. The summed E-state index contributed by atoms with van der Waals surface area (Å²) in [5.41, 5.74) is 1.70. The number of carbonyl (C=O) groups excluding carboxylic acids is 2. The lowest BCUT2D eigenvalue weighted by atomic mass is 9.90. The van der Waals surface area contributed by atoms with Gasteiger partial charge in [0.25, 0.3) is 0 Å². The van der Waals surface area contributed by atoms with E-state index >= 15 is 0 Å². The van der Waals surface area contributed by atoms with Gasteiger partial charge in [0.05, 0.1) is 5.56 Å². The van der Waals surface area contributed by atoms with Crippen molar-refractivity contribution in [2.45, 2.75) is 20.8 Å². The Morgan fingerprint density at radius 1 is 1.27 bits per heavy atom. The van der Waals surface area contributed by atoms with Crippen LogP contribution in [0.5, 0.6) is 0 Å². The topological polar surface area (TPSA) is 55.7 Å². The summed E-state index contributed by atoms with van der Waals surface area (Å²) >= 11 is 0. The van der Waals surface area contributed by atoms with Gasteiger partial charge in [0.15, 0.2) is 5.78 Å². The van der Waals surface area contributed by atoms with Gasteiger partial charge in [-0.1, -0.05) is 25.1 Å². The van der Waals surface area contributed by atoms with Gasteiger partial charge in [-0.15, -0.1) is 0 Å². The highest BCUT2D eigenvalue weighted by Crippen LogP contribution is 2.19. The van der Waals surface area contributed by atoms with Crippen molar-refractivity contribution in [1.82, 2.24) is 0 Å². The first-order valence-corrected chi connectivity index (χ1v) is 6.88. The van der Waals surface area contributed by atoms with E-state index in [1.165, 1.54) is 24.3 Å². The number of carbonyl (C=O) groups is 2. The van der Waals surface area contributed by atoms with Crippen LogP contribution >= 0.6 is 0 Å². The molecule has 22 heavy (non-hydrogen) atoms. The van der Waals surface area contributed by atoms with E-state index in [0.29, 0.717) is 16.9 Å². The van der Waals surface area contributed by atoms with Crippen LogP contribution in [0.2, 0.25) is 0 Å². The van der Waals surface area contributed by atoms with E-state index in [9.17, 15) is 14.0 Å². The van der Waals surface area contributed by atoms with Crippen molar-refractivity contribution in [2.75, 3.05) is 0 Å². The van der Waals surface area contributed by atoms with Crippen molar-refractivity contribution in [2.24, 2.45) is 11.1 Å². The van der Waals surface area contributed by atoms with Crippen molar-refractivity contribution >= 4 is 17.5 Å². The first-order chi connectivity index (χ1) is 10.4. The summed E-state index contributed by atoms with van der Waals surface area (Å²) in [5, 5.41) is 3.79. The molecule has 2 rings (SSSR count). The second-order valence-corrected chi connectivity index (χ2v) is 5.31. The highest BCUT2D eigenvalue weighted by atomic mass is 19.1. The summed E-state index contributed by atoms with van der Waals surface area (Å²) < 4.78 is 13.1. The minimum absolute atomic E-state index is 0.0426. The number of benzene rings is 1. The van der Waals surface area contributed by atoms with Crippen molar-refractivity contribution in [1.29, 1.82) is 0 Å². The molecular formula is C17H16FNO3. The summed E-state index contributed by atoms with van der Waals surface area (Å²) in [6.45, 7) is 5.50. The smallest absolute Gasteiger partial charge is 0.312 e. The summed E-state index contributed by atoms with van der Waals surface area (Å²) in [4.78, 5) is 28.5. The average Bonchev–Trinajstić information content (AvgIpc) is 2.45. The summed E-state index contributed by atoms with van der Waals surface area (Å²) in [5.74, 6) is -1.30. The predicted octanol–water partition coefficient (Wildman–Crippen LogP) is 3.45. The second kappa shape index (κ2) is 6.47. The van der Waals surface area contributed by atoms with E-state index in [2.05, 4.69) is 5.16 Å². The van der Waals surface area contributed by atoms with Gasteiger partial charge < -0.3 is 4.84 Å². The molecule has 0 fully saturated rings. The van der Waals surface area contributed by atoms with Gasteiger partial charge in [0.2, 0.25) is 0 Å². The van der Waals surface area contributed by atoms with Gasteiger partial charge in [-0.25, -0.2) is 9.18 Å². The van der Waals surface area contributed by atoms with Crippen molar-refractivity contribution in [3.63, 3.8) is 0 Å². The molecule has 0 spiro atoms. The van der Waals surface area contributed by atoms with E-state index in [0.717, 1.165) is 6.07 Å². The Labute approximate surface area is 128 Å². The lowest BCUT2D eigenvalue weighted by molar-refractivity contribution is -0.111. The molecule has 114 valence electrons. The summed E-state index contributed by atoms with van der Waals surface area (Å²) in [6.07, 6.45) is 3.07. The summed E-state index contributed by atoms with van der Waals surface area (Å²) in [7, 11) is 0. The molecule has 0 unspecified atom stereocenters. The van der Waals surface area contributed by atoms with Crippen LogP contribution in [0, 0.1) is 11.7 Å². The monoisotopic (exact) mass is 301 g/mol. The zero-order valence-electron chi connectivity index (χ0n) is 12.6. The average molecular weight is 301 g/mol. The molecule has 1 aromatic rings. The fourth-order valence-electron chi connectivity index (χ4n) is 1.99. The third-order valence-corrected chi connectivity index (χ3v) is 3.24. The minimum Gasteiger partial charge on any atom is -0.312 e. The van der Waals surface area contributed by atoms with Gasteiger partial charge in [0, 0.05) is 5.57 Å². The zero-order chi connectivity index (χ0) is 16.3. The van der Waals surface area contributed by atoms with Crippen LogP contribution in [-0.2, 0) is 9.63 Å². The Balaban J connectivity index is 2.20. The molecule has 0 amide bonds. The fraction of sp³-hybridized carbons (Fsp3) is 0.235. The standard InChI is InChI=1S/C17H16FNO3/c1-10(2)14-9-15(11(3)7-16(14)20)19-22-17(21)12-5-4-6-13(18)8-12/h4-10H,1-3H3/b19-15+. The molecular weight excluding hydrogens is 285 g/mol. The molecule has 4 nitrogen and oxygen atoms in total. The van der Waals surface area contributed by atoms with Crippen LogP contribution in [0.25, 0.3) is 0 Å². The van der Waals surface area contributed by atoms with Crippen LogP contribution < -0.4 is 0 Å². The molecule has 1 aromatic carbocycles. The number of allylic oxidation sites excluding steroid dienone is 4. The number of halogens is 1. The first-order valence-electron chi connectivity index (χ1n) is 6.88. The Morgan fingerprint density at radius 3 is 2.64 bits per heavy atom. The lowest BCUT2D eigenvalue weighted by Gasteiger charge is -2.14. The molecule has 1 aliphatic carbocycles. The highest BCUT2D eigenvalue weighted by molar-refractivity contribution is 6.21. The third-order valence-electron chi connectivity index (χ3n) is 3.24. The van der Waals surface area contributed by atoms with Gasteiger partial charge in [-0.2, -0.15) is 0 Å². The normalized spacial score (nSPS) is 16.6. The molecule has 0 radical (unpaired) electrons. The number of hydrogen-bond donors (Lipinski definition) is 0. The molecule has 0 bridgehead atoms. The molecule has 0 atom stereocenters. The lowest BCUT2D eigenvalue weighted by Crippen LogP contribution is -2.16. The largest absolute Gasteiger partial charge is 0.365 e. The maximum Gasteiger partial charge on any atom is 0.365 e. The molecule has 0 aliphatic heterocycles. The van der Waals surface area contributed by atoms with Crippen LogP contribution in [0.4, 0.5) is 4.39 Å². The van der Waals surface area contributed by atoms with E-state index in [-0.39, 0.29) is 17.3 Å². The number of nitrogens with zero attached hydrogens (tertiary/aromatic N) is 1. The van der Waals surface area contributed by atoms with Crippen LogP contribution in [-0.4, -0.2) is 17.5 Å². The van der Waals surface area contributed by atoms with E-state index in [1.54, 1.807) is 13.0 Å². The number of ketones is 1. The minimum atomic E-state index is -0.754. The Kier molecular flexibility index (Phi) is 4.65. The van der Waals surface area contributed by atoms with Gasteiger partial charge >= 0.3 is 5.97 Å². The quantitative estimate of drug-likeness (QED) is 0.488. The second-order valence-electron chi connectivity index (χ2n) is 5.31. The molecule has 0 saturated heterocycles. The SMILES string of the molecule is CC1=CC(=O)C(C(C)C)=C/C1=N\OC(=O)c1cccc(F)c1. The maximum absolute atomic E-state index is 13.1. The fourth-order valence-corrected chi connectivity index (χ4v) is 1.99. The Bertz CT molecular complexity index is 714. The molecule has 0 heterocycles. The Hall–Kier alpha value is -2.56. The van der Waals surface area contributed by atoms with E-state index < -0.39 is 11.8 Å². The van der Waals surface area contributed by atoms with Crippen LogP contribution in [0.15, 0.2) is 52.7 Å². The molecule has 5 heteroatoms. The van der Waals surface area contributed by atoms with Gasteiger partial charge in [0.1, 0.15) is 11.5 Å². The van der Waals surface area contributed by atoms with Crippen LogP contribution in [0.3, 0.4) is 0 Å². The Morgan fingerprint density at radius 2 is 2.00 bits per heavy atom. The van der Waals surface area contributed by atoms with Gasteiger partial charge in [-0.3, -0.25) is 4.79 Å². The van der Waals surface area contributed by atoms with E-state index in [1.807, 2.05) is 13.8 Å². The molecule has 0 saturated carbocycles. The first kappa shape index (κ1) is 15.8. The van der Waals surface area contributed by atoms with Crippen molar-refractivity contribution in [3.8, 4) is 0 Å². The highest BCUT2D eigenvalue weighted by Gasteiger charge is 2.19. The molecule has 0 N–H and O–H groups in total. The number of hydrogen-bond acceptors (Lipinski definition) is 4. The number of rotatable bonds is 3. The van der Waals surface area contributed by atoms with Crippen molar-refractivity contribution in [3.05, 3.63) is 58.9 Å². The summed E-state index contributed by atoms with van der Waals surface area (Å²) in [6, 6.07) is 5.17. The molecule has 0 aromatic heterocycles. The van der Waals surface area contributed by atoms with Crippen molar-refractivity contribution < 1.29 is 18.8 Å². The molecule has 1 aliphatic rings. The zero-order valence-corrected chi connectivity index (χ0v) is 12.6. The number of oxime groups is 1. The van der Waals surface area contributed by atoms with E-state index in [4.69, 9.17) is 4.84 Å². The van der Waals surface area contributed by atoms with Crippen LogP contribution in [0.1, 0.15) is 31.1 Å². The maximum atomic E-state index is 13.1.